The molecule has 4 rings (SSSR count). The van der Waals surface area contributed by atoms with Crippen molar-refractivity contribution in [1.29, 1.82) is 0 Å². The normalized spacial score (nSPS) is 10.2. The summed E-state index contributed by atoms with van der Waals surface area (Å²) in [5, 5.41) is 8.36. The fraction of sp³-hybridized carbons (Fsp3) is 0.286. The van der Waals surface area contributed by atoms with Gasteiger partial charge in [0.15, 0.2) is 5.78 Å². The predicted octanol–water partition coefficient (Wildman–Crippen LogP) is 8.82. The van der Waals surface area contributed by atoms with Crippen LogP contribution in [-0.2, 0) is 37.7 Å². The summed E-state index contributed by atoms with van der Waals surface area (Å²) in [7, 11) is 0. The Labute approximate surface area is 254 Å². The van der Waals surface area contributed by atoms with Crippen LogP contribution in [0.3, 0.4) is 0 Å². The third kappa shape index (κ3) is 14.1. The van der Waals surface area contributed by atoms with Gasteiger partial charge in [-0.15, -0.1) is 70.8 Å². The van der Waals surface area contributed by atoms with Crippen molar-refractivity contribution in [1.82, 2.24) is 9.97 Å². The Balaban J connectivity index is 0.000000320. The van der Waals surface area contributed by atoms with E-state index >= 15 is 0 Å². The smallest absolute Gasteiger partial charge is 0.155 e. The molecule has 0 saturated heterocycles. The largest absolute Gasteiger partial charge is 0.512 e. The van der Waals surface area contributed by atoms with Crippen molar-refractivity contribution in [2.75, 3.05) is 0 Å². The fourth-order valence-corrected chi connectivity index (χ4v) is 3.64. The van der Waals surface area contributed by atoms with Crippen molar-refractivity contribution in [3.63, 3.8) is 0 Å². The van der Waals surface area contributed by atoms with Crippen molar-refractivity contribution in [3.05, 3.63) is 120 Å². The molecule has 1 radical (unpaired) electrons. The molecule has 2 aromatic heterocycles. The zero-order valence-corrected chi connectivity index (χ0v) is 26.4. The number of aliphatic hydroxyl groups excluding tert-OH is 1. The molecule has 0 saturated carbocycles. The van der Waals surface area contributed by atoms with E-state index in [2.05, 4.69) is 72.3 Å². The molecule has 0 aliphatic heterocycles. The van der Waals surface area contributed by atoms with Gasteiger partial charge in [0.2, 0.25) is 0 Å². The van der Waals surface area contributed by atoms with Gasteiger partial charge in [0.05, 0.1) is 5.76 Å². The summed E-state index contributed by atoms with van der Waals surface area (Å²) in [4.78, 5) is 18.6. The van der Waals surface area contributed by atoms with Crippen LogP contribution in [0.25, 0.3) is 22.5 Å². The van der Waals surface area contributed by atoms with Gasteiger partial charge in [-0.25, -0.2) is 0 Å². The number of aryl methyl sites for hydroxylation is 2. The minimum absolute atomic E-state index is 0. The molecule has 0 atom stereocenters. The molecular weight excluding hydrogens is 673 g/mol. The number of aromatic nitrogens is 2. The molecule has 0 spiro atoms. The van der Waals surface area contributed by atoms with E-state index in [4.69, 9.17) is 5.11 Å². The monoisotopic (exact) mass is 713 g/mol. The summed E-state index contributed by atoms with van der Waals surface area (Å²) >= 11 is 0. The number of allylic oxidation sites excluding steroid dienone is 2. The Morgan fingerprint density at radius 2 is 1.20 bits per heavy atom. The summed E-state index contributed by atoms with van der Waals surface area (Å²) in [6.07, 6.45) is 12.1. The summed E-state index contributed by atoms with van der Waals surface area (Å²) in [5.41, 5.74) is 6.85. The molecular formula is C35H40IrN2O2-2. The van der Waals surface area contributed by atoms with Crippen LogP contribution in [0.1, 0.15) is 64.5 Å². The van der Waals surface area contributed by atoms with E-state index in [1.54, 1.807) is 0 Å². The molecule has 4 nitrogen and oxygen atoms in total. The van der Waals surface area contributed by atoms with Crippen LogP contribution in [0.4, 0.5) is 0 Å². The second-order valence-corrected chi connectivity index (χ2v) is 9.25. The average Bonchev–Trinajstić information content (AvgIpc) is 2.96. The van der Waals surface area contributed by atoms with E-state index in [-0.39, 0.29) is 31.6 Å². The van der Waals surface area contributed by atoms with Gasteiger partial charge in [-0.1, -0.05) is 76.6 Å². The second kappa shape index (κ2) is 20.5. The van der Waals surface area contributed by atoms with Gasteiger partial charge >= 0.3 is 0 Å². The molecule has 40 heavy (non-hydrogen) atoms. The Bertz CT molecular complexity index is 1150. The minimum Gasteiger partial charge on any atom is -0.512 e. The Kier molecular flexibility index (Phi) is 17.7. The van der Waals surface area contributed by atoms with Crippen LogP contribution in [0, 0.1) is 12.1 Å². The number of hydrogen-bond acceptors (Lipinski definition) is 4. The van der Waals surface area contributed by atoms with Gasteiger partial charge in [-0.3, -0.25) is 4.79 Å². The van der Waals surface area contributed by atoms with Crippen molar-refractivity contribution in [3.8, 4) is 22.5 Å². The van der Waals surface area contributed by atoms with E-state index in [0.29, 0.717) is 0 Å². The number of rotatable bonds is 9. The first-order valence-corrected chi connectivity index (χ1v) is 13.6. The van der Waals surface area contributed by atoms with E-state index in [0.717, 1.165) is 35.4 Å². The number of pyridine rings is 2. The van der Waals surface area contributed by atoms with E-state index in [9.17, 15) is 4.79 Å². The molecule has 0 bridgehead atoms. The summed E-state index contributed by atoms with van der Waals surface area (Å²) in [6.45, 7) is 7.28. The van der Waals surface area contributed by atoms with Gasteiger partial charge < -0.3 is 15.1 Å². The Morgan fingerprint density at radius 1 is 0.750 bits per heavy atom. The standard InChI is InChI=1S/2C15H16N.C5H8O2.Ir/c2*1-2-3-6-13-8-10-14(11-9-13)15-7-4-5-12-16-15;1-4(6)3-5(2)7;/h2*4-5,7-10,12H,2-3,6H2,1H3;3,6H,1-2H3;/q2*-1;;/b;;4-3-;. The number of benzene rings is 2. The summed E-state index contributed by atoms with van der Waals surface area (Å²) in [6, 6.07) is 31.2. The first kappa shape index (κ1) is 34.6. The maximum Gasteiger partial charge on any atom is 0.155 e. The first-order chi connectivity index (χ1) is 18.9. The number of carbonyl (C=O) groups excluding carboxylic acids is 1. The number of aliphatic hydroxyl groups is 1. The first-order valence-electron chi connectivity index (χ1n) is 13.6. The zero-order valence-electron chi connectivity index (χ0n) is 24.0. The molecule has 5 heteroatoms. The molecule has 4 aromatic rings. The van der Waals surface area contributed by atoms with Crippen LogP contribution in [0.15, 0.2) is 97.0 Å². The van der Waals surface area contributed by atoms with Gasteiger partial charge in [-0.05, 0) is 37.4 Å². The predicted molar refractivity (Wildman–Crippen MR) is 161 cm³/mol. The third-order valence-electron chi connectivity index (χ3n) is 5.69. The quantitative estimate of drug-likeness (QED) is 0.107. The molecule has 1 N–H and O–H groups in total. The van der Waals surface area contributed by atoms with Crippen LogP contribution < -0.4 is 0 Å². The zero-order chi connectivity index (χ0) is 28.3. The van der Waals surface area contributed by atoms with Crippen molar-refractivity contribution in [2.24, 2.45) is 0 Å². The summed E-state index contributed by atoms with van der Waals surface area (Å²) in [5.74, 6) is -0.0625. The van der Waals surface area contributed by atoms with Crippen LogP contribution >= 0.6 is 0 Å². The van der Waals surface area contributed by atoms with Gasteiger partial charge in [-0.2, -0.15) is 0 Å². The molecule has 213 valence electrons. The van der Waals surface area contributed by atoms with E-state index in [1.807, 2.05) is 48.8 Å². The number of hydrogen-bond donors (Lipinski definition) is 1. The van der Waals surface area contributed by atoms with Gasteiger partial charge in [0.1, 0.15) is 0 Å². The van der Waals surface area contributed by atoms with Gasteiger partial charge in [0.25, 0.3) is 0 Å². The van der Waals surface area contributed by atoms with Crippen LogP contribution in [-0.4, -0.2) is 20.9 Å². The Morgan fingerprint density at radius 3 is 1.45 bits per heavy atom. The summed E-state index contributed by atoms with van der Waals surface area (Å²) < 4.78 is 0. The maximum absolute atomic E-state index is 10.0. The molecule has 0 fully saturated rings. The topological polar surface area (TPSA) is 63.1 Å². The van der Waals surface area contributed by atoms with Gasteiger partial charge in [0, 0.05) is 38.6 Å². The average molecular weight is 713 g/mol. The molecule has 0 unspecified atom stereocenters. The molecule has 2 aromatic carbocycles. The van der Waals surface area contributed by atoms with Crippen LogP contribution in [0.2, 0.25) is 0 Å². The fourth-order valence-electron chi connectivity index (χ4n) is 3.64. The second-order valence-electron chi connectivity index (χ2n) is 9.25. The minimum atomic E-state index is -0.125. The molecule has 2 heterocycles. The SMILES string of the molecule is CC(=O)/C=C(/C)O.CCCCc1c[c-]c(-c2ccccn2)cc1.CCCCc1c[c-]c(-c2ccccn2)cc1.[Ir]. The number of carbonyl (C=O) groups is 1. The van der Waals surface area contributed by atoms with E-state index < -0.39 is 0 Å². The van der Waals surface area contributed by atoms with Crippen molar-refractivity contribution >= 4 is 5.78 Å². The number of ketones is 1. The molecule has 0 aliphatic carbocycles. The van der Waals surface area contributed by atoms with E-state index in [1.165, 1.54) is 56.7 Å². The van der Waals surface area contributed by atoms with Crippen molar-refractivity contribution in [2.45, 2.75) is 66.2 Å². The van der Waals surface area contributed by atoms with Crippen LogP contribution in [0.5, 0.6) is 0 Å². The maximum atomic E-state index is 10.0. The molecule has 0 amide bonds. The van der Waals surface area contributed by atoms with Crippen molar-refractivity contribution < 1.29 is 30.0 Å². The number of unbranched alkanes of at least 4 members (excludes halogenated alkanes) is 2. The third-order valence-corrected chi connectivity index (χ3v) is 5.69. The Hall–Kier alpha value is -3.40. The number of nitrogens with zero attached hydrogens (tertiary/aromatic N) is 2. The molecule has 0 aliphatic rings.